The fourth-order valence-corrected chi connectivity index (χ4v) is 10.9. The van der Waals surface area contributed by atoms with Crippen molar-refractivity contribution in [1.82, 2.24) is 10.6 Å². The van der Waals surface area contributed by atoms with Gasteiger partial charge in [-0.25, -0.2) is 4.79 Å². The van der Waals surface area contributed by atoms with Crippen LogP contribution in [0.1, 0.15) is 115 Å². The molecule has 0 rings (SSSR count). The maximum atomic E-state index is 12.6. The Hall–Kier alpha value is -1.12. The predicted octanol–water partition coefficient (Wildman–Crippen LogP) is 6.79. The lowest BCUT2D eigenvalue weighted by Crippen LogP contribution is -2.48. The lowest BCUT2D eigenvalue weighted by Gasteiger charge is -2.42. The molecule has 2 amide bonds. The zero-order valence-electron chi connectivity index (χ0n) is 26.1. The van der Waals surface area contributed by atoms with Crippen molar-refractivity contribution in [3.63, 3.8) is 0 Å². The van der Waals surface area contributed by atoms with Crippen LogP contribution in [0, 0.1) is 11.8 Å². The molecule has 0 saturated carbocycles. The number of carbonyl (C=O) groups is 2. The van der Waals surface area contributed by atoms with E-state index in [0.29, 0.717) is 36.2 Å². The Kier molecular flexibility index (Phi) is 16.2. The summed E-state index contributed by atoms with van der Waals surface area (Å²) in [5, 5.41) is 16.9. The molecule has 0 saturated heterocycles. The van der Waals surface area contributed by atoms with Crippen LogP contribution in [0.5, 0.6) is 0 Å². The van der Waals surface area contributed by atoms with E-state index in [1.165, 1.54) is 0 Å². The minimum Gasteiger partial charge on any atom is -0.444 e. The van der Waals surface area contributed by atoms with E-state index in [9.17, 15) is 14.7 Å². The number of aliphatic hydroxyl groups is 1. The van der Waals surface area contributed by atoms with E-state index < -0.39 is 32.2 Å². The molecule has 0 unspecified atom stereocenters. The second-order valence-electron chi connectivity index (χ2n) is 12.9. The van der Waals surface area contributed by atoms with Crippen molar-refractivity contribution in [2.24, 2.45) is 11.8 Å². The minimum absolute atomic E-state index is 0.0673. The Balaban J connectivity index is 5.33. The van der Waals surface area contributed by atoms with Gasteiger partial charge in [0.1, 0.15) is 5.60 Å². The van der Waals surface area contributed by atoms with Crippen LogP contribution in [-0.4, -0.2) is 56.3 Å². The predicted molar refractivity (Wildman–Crippen MR) is 156 cm³/mol. The molecule has 0 heterocycles. The van der Waals surface area contributed by atoms with E-state index in [1.807, 2.05) is 27.7 Å². The zero-order chi connectivity index (χ0) is 29.0. The van der Waals surface area contributed by atoms with Crippen LogP contribution in [0.25, 0.3) is 0 Å². The number of hydrogen-bond acceptors (Lipinski definition) is 5. The van der Waals surface area contributed by atoms with Gasteiger partial charge in [-0.3, -0.25) is 4.79 Å². The first-order chi connectivity index (χ1) is 17.0. The monoisotopic (exact) mass is 544 g/mol. The van der Waals surface area contributed by atoms with Gasteiger partial charge in [-0.2, -0.15) is 0 Å². The average Bonchev–Trinajstić information content (AvgIpc) is 2.74. The number of unbranched alkanes of at least 4 members (excludes halogenated alkanes) is 1. The van der Waals surface area contributed by atoms with Crippen molar-refractivity contribution in [3.05, 3.63) is 0 Å². The van der Waals surface area contributed by atoms with Gasteiger partial charge >= 0.3 is 6.09 Å². The largest absolute Gasteiger partial charge is 0.444 e. The number of alkyl carbamates (subject to hydrolysis) is 1. The highest BCUT2D eigenvalue weighted by molar-refractivity contribution is 6.77. The Morgan fingerprint density at radius 2 is 1.46 bits per heavy atom. The van der Waals surface area contributed by atoms with Crippen LogP contribution >= 0.6 is 0 Å². The van der Waals surface area contributed by atoms with Gasteiger partial charge in [0.2, 0.25) is 5.91 Å². The molecule has 0 bridgehead atoms. The van der Waals surface area contributed by atoms with Gasteiger partial charge in [0.15, 0.2) is 8.32 Å². The highest BCUT2D eigenvalue weighted by Crippen LogP contribution is 2.42. The number of rotatable bonds is 17. The summed E-state index contributed by atoms with van der Waals surface area (Å²) < 4.78 is 12.2. The van der Waals surface area contributed by atoms with Crippen LogP contribution < -0.4 is 10.6 Å². The summed E-state index contributed by atoms with van der Waals surface area (Å²) in [6, 6.07) is -0.516. The minimum atomic E-state index is -1.94. The molecular weight excluding hydrogens is 484 g/mol. The van der Waals surface area contributed by atoms with E-state index in [1.54, 1.807) is 0 Å². The van der Waals surface area contributed by atoms with Crippen molar-refractivity contribution in [2.75, 3.05) is 13.2 Å². The van der Waals surface area contributed by atoms with Crippen molar-refractivity contribution in [2.45, 2.75) is 150 Å². The van der Waals surface area contributed by atoms with Crippen LogP contribution in [0.2, 0.25) is 16.6 Å². The van der Waals surface area contributed by atoms with E-state index in [-0.39, 0.29) is 24.2 Å². The van der Waals surface area contributed by atoms with Gasteiger partial charge < -0.3 is 24.9 Å². The van der Waals surface area contributed by atoms with Gasteiger partial charge in [0.25, 0.3) is 0 Å². The molecule has 0 aliphatic carbocycles. The van der Waals surface area contributed by atoms with Crippen molar-refractivity contribution < 1.29 is 23.9 Å². The molecule has 0 spiro atoms. The normalized spacial score (nSPS) is 16.0. The number of ether oxygens (including phenoxy) is 1. The first-order valence-corrected chi connectivity index (χ1v) is 16.7. The molecule has 0 aliphatic heterocycles. The van der Waals surface area contributed by atoms with Crippen LogP contribution in [0.3, 0.4) is 0 Å². The number of aliphatic hydroxyl groups excluding tert-OH is 1. The molecule has 0 fully saturated rings. The van der Waals surface area contributed by atoms with Crippen molar-refractivity contribution >= 4 is 20.3 Å². The summed E-state index contributed by atoms with van der Waals surface area (Å²) in [4.78, 5) is 25.0. The van der Waals surface area contributed by atoms with Gasteiger partial charge in [-0.1, -0.05) is 68.7 Å². The summed E-state index contributed by atoms with van der Waals surface area (Å²) >= 11 is 0. The molecule has 0 aromatic heterocycles. The molecule has 0 radical (unpaired) electrons. The summed E-state index contributed by atoms with van der Waals surface area (Å²) in [6.07, 6.45) is 2.21. The third kappa shape index (κ3) is 13.0. The van der Waals surface area contributed by atoms with Crippen LogP contribution in [0.4, 0.5) is 4.79 Å². The standard InChI is InChI=1S/C29H60N2O5Si/c1-13-14-16-30-27(33)24(9)19-26(32)25(31-28(34)36-29(10,11)12)18-23(8)15-17-35-37(20(2)3,21(4)5)22(6)7/h20-26,32H,13-19H2,1-12H3,(H,30,33)(H,31,34)/t23-,24+,25-,26-/m0/s1. The number of hydrogen-bond donors (Lipinski definition) is 3. The van der Waals surface area contributed by atoms with E-state index in [4.69, 9.17) is 9.16 Å². The lowest BCUT2D eigenvalue weighted by atomic mass is 9.91. The van der Waals surface area contributed by atoms with Gasteiger partial charge in [-0.05, 0) is 69.0 Å². The molecule has 0 aromatic rings. The highest BCUT2D eigenvalue weighted by Gasteiger charge is 2.45. The van der Waals surface area contributed by atoms with Gasteiger partial charge in [0.05, 0.1) is 12.1 Å². The highest BCUT2D eigenvalue weighted by atomic mass is 28.4. The van der Waals surface area contributed by atoms with E-state index in [2.05, 4.69) is 66.0 Å². The fourth-order valence-electron chi connectivity index (χ4n) is 5.46. The van der Waals surface area contributed by atoms with Crippen LogP contribution in [-0.2, 0) is 14.0 Å². The maximum Gasteiger partial charge on any atom is 0.407 e. The van der Waals surface area contributed by atoms with Crippen molar-refractivity contribution in [1.29, 1.82) is 0 Å². The molecule has 0 aromatic carbocycles. The Labute approximate surface area is 229 Å². The summed E-state index contributed by atoms with van der Waals surface area (Å²) in [5.74, 6) is -0.216. The third-order valence-electron chi connectivity index (χ3n) is 7.36. The number of nitrogens with one attached hydrogen (secondary N) is 2. The Morgan fingerprint density at radius 1 is 0.919 bits per heavy atom. The molecule has 7 nitrogen and oxygen atoms in total. The quantitative estimate of drug-likeness (QED) is 0.138. The molecular formula is C29H60N2O5Si. The lowest BCUT2D eigenvalue weighted by molar-refractivity contribution is -0.125. The fraction of sp³-hybridized carbons (Fsp3) is 0.931. The maximum absolute atomic E-state index is 12.6. The second-order valence-corrected chi connectivity index (χ2v) is 18.4. The summed E-state index contributed by atoms with van der Waals surface area (Å²) in [5.41, 5.74) is 0.938. The average molecular weight is 545 g/mol. The summed E-state index contributed by atoms with van der Waals surface area (Å²) in [7, 11) is -1.94. The molecule has 8 heteroatoms. The van der Waals surface area contributed by atoms with Gasteiger partial charge in [0, 0.05) is 19.1 Å². The molecule has 220 valence electrons. The van der Waals surface area contributed by atoms with Crippen LogP contribution in [0.15, 0.2) is 0 Å². The smallest absolute Gasteiger partial charge is 0.407 e. The molecule has 3 N–H and O–H groups in total. The van der Waals surface area contributed by atoms with Gasteiger partial charge in [-0.15, -0.1) is 0 Å². The topological polar surface area (TPSA) is 96.9 Å². The first-order valence-electron chi connectivity index (χ1n) is 14.6. The van der Waals surface area contributed by atoms with Crippen molar-refractivity contribution in [3.8, 4) is 0 Å². The molecule has 37 heavy (non-hydrogen) atoms. The second kappa shape index (κ2) is 16.8. The number of carbonyl (C=O) groups excluding carboxylic acids is 2. The Morgan fingerprint density at radius 3 is 1.92 bits per heavy atom. The summed E-state index contributed by atoms with van der Waals surface area (Å²) in [6.45, 7) is 26.5. The molecule has 4 atom stereocenters. The van der Waals surface area contributed by atoms with E-state index in [0.717, 1.165) is 19.3 Å². The first kappa shape index (κ1) is 35.9. The van der Waals surface area contributed by atoms with E-state index >= 15 is 0 Å². The SMILES string of the molecule is CCCCNC(=O)[C@H](C)C[C@H](O)[C@H](C[C@@H](C)CCO[Si](C(C)C)(C(C)C)C(C)C)NC(=O)OC(C)(C)C. The molecule has 0 aliphatic rings. The number of amides is 2. The third-order valence-corrected chi connectivity index (χ3v) is 13.5. The zero-order valence-corrected chi connectivity index (χ0v) is 27.1. The Bertz CT molecular complexity index is 641.